The molecule has 0 fully saturated rings. The Morgan fingerprint density at radius 3 is 2.61 bits per heavy atom. The molecule has 0 saturated heterocycles. The Kier molecular flexibility index (Phi) is 5.40. The lowest BCUT2D eigenvalue weighted by Crippen LogP contribution is -2.12. The zero-order valence-corrected chi connectivity index (χ0v) is 16.1. The highest BCUT2D eigenvalue weighted by molar-refractivity contribution is 6.03. The summed E-state index contributed by atoms with van der Waals surface area (Å²) >= 11 is 0. The number of nitrogens with zero attached hydrogens (tertiary/aromatic N) is 5. The third-order valence-electron chi connectivity index (χ3n) is 4.64. The third-order valence-corrected chi connectivity index (χ3v) is 4.64. The summed E-state index contributed by atoms with van der Waals surface area (Å²) in [6.45, 7) is 2.47. The van der Waals surface area contributed by atoms with Gasteiger partial charge < -0.3 is 5.32 Å². The van der Waals surface area contributed by atoms with Crippen LogP contribution < -0.4 is 5.32 Å². The van der Waals surface area contributed by atoms with E-state index in [4.69, 9.17) is 0 Å². The lowest BCUT2D eigenvalue weighted by atomic mass is 10.1. The zero-order valence-electron chi connectivity index (χ0n) is 16.1. The molecule has 1 amide bonds. The van der Waals surface area contributed by atoms with Crippen molar-refractivity contribution in [1.29, 1.82) is 0 Å². The minimum absolute atomic E-state index is 0.243. The second-order valence-electron chi connectivity index (χ2n) is 6.81. The summed E-state index contributed by atoms with van der Waals surface area (Å²) in [4.78, 5) is 16.1. The molecule has 0 aliphatic carbocycles. The minimum atomic E-state index is -3.07. The van der Waals surface area contributed by atoms with Crippen LogP contribution in [0.1, 0.15) is 45.9 Å². The van der Waals surface area contributed by atoms with Gasteiger partial charge in [0.25, 0.3) is 18.8 Å². The third kappa shape index (κ3) is 4.25. The first-order valence-electron chi connectivity index (χ1n) is 9.17. The molecule has 1 aromatic carbocycles. The van der Waals surface area contributed by atoms with Crippen molar-refractivity contribution < 1.29 is 22.4 Å². The smallest absolute Gasteiger partial charge is 0.280 e. The standard InChI is InChI=1S/C20H16F4N6O/c1-11-4-2-3-5-12(11)9-29-10-13(8-25-29)26-20(31)15-7-17-27-14(18(21)22)6-16(19(23)24)30(17)28-15/h2-8,10,18-19H,9H2,1H3,(H,26,31). The van der Waals surface area contributed by atoms with E-state index in [0.29, 0.717) is 22.8 Å². The topological polar surface area (TPSA) is 77.1 Å². The van der Waals surface area contributed by atoms with Gasteiger partial charge in [-0.2, -0.15) is 10.2 Å². The fraction of sp³-hybridized carbons (Fsp3) is 0.200. The van der Waals surface area contributed by atoms with Gasteiger partial charge in [-0.25, -0.2) is 27.1 Å². The number of carbonyl (C=O) groups excluding carboxylic acids is 1. The number of rotatable bonds is 6. The second kappa shape index (κ2) is 8.17. The van der Waals surface area contributed by atoms with E-state index in [1.807, 2.05) is 31.2 Å². The van der Waals surface area contributed by atoms with Crippen LogP contribution in [0.4, 0.5) is 23.2 Å². The number of benzene rings is 1. The summed E-state index contributed by atoms with van der Waals surface area (Å²) in [5.74, 6) is -0.709. The van der Waals surface area contributed by atoms with Crippen molar-refractivity contribution in [1.82, 2.24) is 24.4 Å². The molecule has 3 heterocycles. The van der Waals surface area contributed by atoms with Crippen LogP contribution in [0, 0.1) is 6.92 Å². The fourth-order valence-corrected chi connectivity index (χ4v) is 3.07. The summed E-state index contributed by atoms with van der Waals surface area (Å²) in [7, 11) is 0. The van der Waals surface area contributed by atoms with Crippen molar-refractivity contribution >= 4 is 17.2 Å². The summed E-state index contributed by atoms with van der Waals surface area (Å²) < 4.78 is 54.7. The number of hydrogen-bond acceptors (Lipinski definition) is 4. The number of hydrogen-bond donors (Lipinski definition) is 1. The monoisotopic (exact) mass is 432 g/mol. The summed E-state index contributed by atoms with van der Waals surface area (Å²) in [6.07, 6.45) is -3.06. The molecule has 11 heteroatoms. The number of aryl methyl sites for hydroxylation is 1. The number of aromatic nitrogens is 5. The van der Waals surface area contributed by atoms with E-state index in [1.165, 1.54) is 6.20 Å². The Labute approximate surface area is 173 Å². The van der Waals surface area contributed by atoms with Gasteiger partial charge in [0, 0.05) is 12.3 Å². The van der Waals surface area contributed by atoms with Gasteiger partial charge in [-0.15, -0.1) is 0 Å². The number of fused-ring (bicyclic) bond motifs is 1. The molecule has 0 unspecified atom stereocenters. The maximum Gasteiger partial charge on any atom is 0.280 e. The van der Waals surface area contributed by atoms with Crippen molar-refractivity contribution in [3.63, 3.8) is 0 Å². The van der Waals surface area contributed by atoms with Crippen molar-refractivity contribution in [3.05, 3.63) is 77.0 Å². The molecule has 0 spiro atoms. The lowest BCUT2D eigenvalue weighted by Gasteiger charge is -2.06. The number of carbonyl (C=O) groups is 1. The van der Waals surface area contributed by atoms with Crippen LogP contribution >= 0.6 is 0 Å². The Balaban J connectivity index is 1.56. The van der Waals surface area contributed by atoms with Crippen LogP contribution in [-0.4, -0.2) is 30.3 Å². The van der Waals surface area contributed by atoms with Crippen LogP contribution in [0.15, 0.2) is 48.8 Å². The Morgan fingerprint density at radius 1 is 1.13 bits per heavy atom. The molecular weight excluding hydrogens is 416 g/mol. The van der Waals surface area contributed by atoms with E-state index in [0.717, 1.165) is 17.2 Å². The van der Waals surface area contributed by atoms with Gasteiger partial charge in [0.05, 0.1) is 18.4 Å². The van der Waals surface area contributed by atoms with E-state index < -0.39 is 30.1 Å². The minimum Gasteiger partial charge on any atom is -0.318 e. The van der Waals surface area contributed by atoms with E-state index in [1.54, 1.807) is 10.9 Å². The van der Waals surface area contributed by atoms with E-state index in [-0.39, 0.29) is 11.3 Å². The fourth-order valence-electron chi connectivity index (χ4n) is 3.07. The van der Waals surface area contributed by atoms with Crippen LogP contribution in [0.2, 0.25) is 0 Å². The van der Waals surface area contributed by atoms with Gasteiger partial charge in [-0.05, 0) is 24.1 Å². The Morgan fingerprint density at radius 2 is 1.90 bits per heavy atom. The number of alkyl halides is 4. The van der Waals surface area contributed by atoms with Crippen LogP contribution in [0.25, 0.3) is 5.65 Å². The molecular formula is C20H16F4N6O. The van der Waals surface area contributed by atoms with Crippen LogP contribution in [0.3, 0.4) is 0 Å². The van der Waals surface area contributed by atoms with Crippen LogP contribution in [-0.2, 0) is 6.54 Å². The zero-order chi connectivity index (χ0) is 22.1. The first-order chi connectivity index (χ1) is 14.8. The second-order valence-corrected chi connectivity index (χ2v) is 6.81. The molecule has 0 aliphatic rings. The first kappa shape index (κ1) is 20.5. The van der Waals surface area contributed by atoms with Crippen molar-refractivity contribution in [2.45, 2.75) is 26.3 Å². The molecule has 0 aliphatic heterocycles. The maximum atomic E-state index is 13.3. The van der Waals surface area contributed by atoms with E-state index >= 15 is 0 Å². The van der Waals surface area contributed by atoms with E-state index in [9.17, 15) is 22.4 Å². The average molecular weight is 432 g/mol. The van der Waals surface area contributed by atoms with Gasteiger partial charge >= 0.3 is 0 Å². The molecule has 4 rings (SSSR count). The summed E-state index contributed by atoms with van der Waals surface area (Å²) in [6, 6.07) is 9.44. The Hall–Kier alpha value is -3.76. The number of amides is 1. The molecule has 1 N–H and O–H groups in total. The number of nitrogens with one attached hydrogen (secondary N) is 1. The Bertz CT molecular complexity index is 1250. The highest BCUT2D eigenvalue weighted by Gasteiger charge is 2.22. The van der Waals surface area contributed by atoms with Gasteiger partial charge in [0.15, 0.2) is 11.3 Å². The van der Waals surface area contributed by atoms with Crippen LogP contribution in [0.5, 0.6) is 0 Å². The quantitative estimate of drug-likeness (QED) is 0.458. The highest BCUT2D eigenvalue weighted by Crippen LogP contribution is 2.25. The number of anilines is 1. The molecule has 0 saturated carbocycles. The van der Waals surface area contributed by atoms with E-state index in [2.05, 4.69) is 20.5 Å². The van der Waals surface area contributed by atoms with Gasteiger partial charge in [0.2, 0.25) is 0 Å². The highest BCUT2D eigenvalue weighted by atomic mass is 19.3. The SMILES string of the molecule is Cc1ccccc1Cn1cc(NC(=O)c2cc3nc(C(F)F)cc(C(F)F)n3n2)cn1. The molecule has 0 bridgehead atoms. The number of halogens is 4. The van der Waals surface area contributed by atoms with Gasteiger partial charge in [0.1, 0.15) is 11.4 Å². The van der Waals surface area contributed by atoms with Crippen molar-refractivity contribution in [2.75, 3.05) is 5.32 Å². The molecule has 31 heavy (non-hydrogen) atoms. The van der Waals surface area contributed by atoms with Gasteiger partial charge in [-0.3, -0.25) is 9.48 Å². The summed E-state index contributed by atoms with van der Waals surface area (Å²) in [5, 5.41) is 10.6. The first-order valence-corrected chi connectivity index (χ1v) is 9.17. The summed E-state index contributed by atoms with van der Waals surface area (Å²) in [5.41, 5.74) is 0.424. The molecule has 4 aromatic rings. The predicted octanol–water partition coefficient (Wildman–Crippen LogP) is 4.41. The molecule has 0 radical (unpaired) electrons. The van der Waals surface area contributed by atoms with Crippen molar-refractivity contribution in [3.8, 4) is 0 Å². The normalized spacial score (nSPS) is 11.6. The average Bonchev–Trinajstić information content (AvgIpc) is 3.35. The largest absolute Gasteiger partial charge is 0.318 e. The molecule has 160 valence electrons. The van der Waals surface area contributed by atoms with Gasteiger partial charge in [-0.1, -0.05) is 24.3 Å². The lowest BCUT2D eigenvalue weighted by molar-refractivity contribution is 0.102. The molecule has 3 aromatic heterocycles. The van der Waals surface area contributed by atoms with Crippen molar-refractivity contribution in [2.24, 2.45) is 0 Å². The molecule has 7 nitrogen and oxygen atoms in total. The molecule has 0 atom stereocenters. The maximum absolute atomic E-state index is 13.3. The predicted molar refractivity (Wildman–Crippen MR) is 103 cm³/mol.